The number of aryl methyl sites for hydroxylation is 2. The number of hydrogen-bond donors (Lipinski definition) is 2. The van der Waals surface area contributed by atoms with Crippen LogP contribution in [0.25, 0.3) is 0 Å². The number of nitrogens with zero attached hydrogens (tertiary/aromatic N) is 1. The Bertz CT molecular complexity index is 420. The molecule has 0 aliphatic heterocycles. The molecular weight excluding hydrogens is 243 g/mol. The van der Waals surface area contributed by atoms with Gasteiger partial charge in [-0.3, -0.25) is 4.79 Å². The van der Waals surface area contributed by atoms with E-state index >= 15 is 0 Å². The van der Waals surface area contributed by atoms with Crippen molar-refractivity contribution in [2.24, 2.45) is 0 Å². The topological polar surface area (TPSA) is 83.6 Å². The lowest BCUT2D eigenvalue weighted by Crippen LogP contribution is -2.44. The maximum absolute atomic E-state index is 12.7. The van der Waals surface area contributed by atoms with E-state index in [1.54, 1.807) is 0 Å². The van der Waals surface area contributed by atoms with E-state index in [1.165, 1.54) is 13.8 Å². The van der Waals surface area contributed by atoms with Crippen LogP contribution in [0.1, 0.15) is 23.8 Å². The molecule has 96 valence electrons. The molecule has 0 amide bonds. The molecule has 1 unspecified atom stereocenters. The van der Waals surface area contributed by atoms with Crippen LogP contribution in [-0.2, 0) is 10.4 Å². The minimum absolute atomic E-state index is 0.0908. The summed E-state index contributed by atoms with van der Waals surface area (Å²) in [6, 6.07) is 0. The van der Waals surface area contributed by atoms with E-state index in [1.807, 2.05) is 0 Å². The number of carboxylic acids is 1. The van der Waals surface area contributed by atoms with Crippen molar-refractivity contribution < 1.29 is 32.6 Å². The van der Waals surface area contributed by atoms with Gasteiger partial charge in [-0.25, -0.2) is 4.98 Å². The molecule has 17 heavy (non-hydrogen) atoms. The Morgan fingerprint density at radius 2 is 1.94 bits per heavy atom. The first-order chi connectivity index (χ1) is 7.58. The number of aliphatic hydroxyl groups is 1. The third-order valence-corrected chi connectivity index (χ3v) is 2.26. The Morgan fingerprint density at radius 3 is 2.24 bits per heavy atom. The molecule has 1 heterocycles. The Balaban J connectivity index is 3.28. The first kappa shape index (κ1) is 13.5. The van der Waals surface area contributed by atoms with Crippen LogP contribution in [0.5, 0.6) is 0 Å². The number of hydrogen-bond acceptors (Lipinski definition) is 4. The SMILES string of the molecule is Cc1nc(C(O)(CC(=O)O)C(F)(F)F)oc1C. The summed E-state index contributed by atoms with van der Waals surface area (Å²) in [6.45, 7) is 2.75. The smallest absolute Gasteiger partial charge is 0.426 e. The van der Waals surface area contributed by atoms with Gasteiger partial charge in [0.2, 0.25) is 11.5 Å². The number of alkyl halides is 3. The molecular formula is C9H10F3NO4. The molecule has 0 saturated heterocycles. The van der Waals surface area contributed by atoms with E-state index in [4.69, 9.17) is 5.11 Å². The van der Waals surface area contributed by atoms with Crippen molar-refractivity contribution in [2.75, 3.05) is 0 Å². The van der Waals surface area contributed by atoms with Gasteiger partial charge in [0.15, 0.2) is 0 Å². The highest BCUT2D eigenvalue weighted by molar-refractivity contribution is 5.68. The molecule has 0 aliphatic carbocycles. The van der Waals surface area contributed by atoms with E-state index < -0.39 is 30.1 Å². The summed E-state index contributed by atoms with van der Waals surface area (Å²) in [5.74, 6) is -2.77. The number of rotatable bonds is 3. The average Bonchev–Trinajstić information content (AvgIpc) is 2.44. The van der Waals surface area contributed by atoms with Gasteiger partial charge in [0.25, 0.3) is 0 Å². The van der Waals surface area contributed by atoms with Crippen molar-refractivity contribution in [3.63, 3.8) is 0 Å². The van der Waals surface area contributed by atoms with Crippen molar-refractivity contribution in [2.45, 2.75) is 32.0 Å². The monoisotopic (exact) mass is 253 g/mol. The van der Waals surface area contributed by atoms with Crippen molar-refractivity contribution in [3.8, 4) is 0 Å². The van der Waals surface area contributed by atoms with E-state index in [9.17, 15) is 23.1 Å². The molecule has 0 saturated carbocycles. The zero-order valence-electron chi connectivity index (χ0n) is 9.00. The predicted octanol–water partition coefficient (Wildman–Crippen LogP) is 1.52. The van der Waals surface area contributed by atoms with Gasteiger partial charge >= 0.3 is 12.1 Å². The Kier molecular flexibility index (Phi) is 3.19. The van der Waals surface area contributed by atoms with Crippen molar-refractivity contribution >= 4 is 5.97 Å². The Hall–Kier alpha value is -1.57. The lowest BCUT2D eigenvalue weighted by atomic mass is 9.99. The van der Waals surface area contributed by atoms with Crippen LogP contribution in [-0.4, -0.2) is 27.3 Å². The lowest BCUT2D eigenvalue weighted by molar-refractivity contribution is -0.276. The number of halogens is 3. The fraction of sp³-hybridized carbons (Fsp3) is 0.556. The zero-order chi connectivity index (χ0) is 13.4. The molecule has 0 fully saturated rings. The van der Waals surface area contributed by atoms with Gasteiger partial charge in [-0.1, -0.05) is 0 Å². The largest absolute Gasteiger partial charge is 0.481 e. The second-order valence-corrected chi connectivity index (χ2v) is 3.59. The molecule has 2 N–H and O–H groups in total. The van der Waals surface area contributed by atoms with E-state index in [0.717, 1.165) is 0 Å². The first-order valence-corrected chi connectivity index (χ1v) is 4.53. The van der Waals surface area contributed by atoms with Crippen molar-refractivity contribution in [3.05, 3.63) is 17.3 Å². The summed E-state index contributed by atoms with van der Waals surface area (Å²) in [4.78, 5) is 13.8. The number of aromatic nitrogens is 1. The molecule has 1 aromatic heterocycles. The van der Waals surface area contributed by atoms with Crippen LogP contribution in [0.2, 0.25) is 0 Å². The molecule has 8 heteroatoms. The first-order valence-electron chi connectivity index (χ1n) is 4.53. The molecule has 0 spiro atoms. The molecule has 1 aromatic rings. The molecule has 0 bridgehead atoms. The highest BCUT2D eigenvalue weighted by atomic mass is 19.4. The molecule has 1 rings (SSSR count). The average molecular weight is 253 g/mol. The van der Waals surface area contributed by atoms with E-state index in [2.05, 4.69) is 9.40 Å². The quantitative estimate of drug-likeness (QED) is 0.853. The second kappa shape index (κ2) is 4.02. The lowest BCUT2D eigenvalue weighted by Gasteiger charge is -2.25. The Labute approximate surface area is 93.9 Å². The third-order valence-electron chi connectivity index (χ3n) is 2.26. The highest BCUT2D eigenvalue weighted by Crippen LogP contribution is 2.41. The molecule has 0 aromatic carbocycles. The standard InChI is InChI=1S/C9H10F3NO4/c1-4-5(2)17-7(13-4)8(16,3-6(14)15)9(10,11)12/h16H,3H2,1-2H3,(H,14,15). The van der Waals surface area contributed by atoms with Crippen LogP contribution in [0, 0.1) is 13.8 Å². The normalized spacial score (nSPS) is 15.6. The third kappa shape index (κ3) is 2.41. The van der Waals surface area contributed by atoms with Gasteiger partial charge in [0.1, 0.15) is 5.76 Å². The highest BCUT2D eigenvalue weighted by Gasteiger charge is 2.60. The predicted molar refractivity (Wildman–Crippen MR) is 48.2 cm³/mol. The van der Waals surface area contributed by atoms with Crippen LogP contribution in [0.3, 0.4) is 0 Å². The second-order valence-electron chi connectivity index (χ2n) is 3.59. The zero-order valence-corrected chi connectivity index (χ0v) is 9.00. The summed E-state index contributed by atoms with van der Waals surface area (Å²) in [6.07, 6.45) is -6.75. The molecule has 1 atom stereocenters. The van der Waals surface area contributed by atoms with E-state index in [-0.39, 0.29) is 11.5 Å². The molecule has 0 radical (unpaired) electrons. The van der Waals surface area contributed by atoms with Gasteiger partial charge in [0.05, 0.1) is 12.1 Å². The van der Waals surface area contributed by atoms with Gasteiger partial charge in [-0.15, -0.1) is 0 Å². The number of aliphatic carboxylic acids is 1. The van der Waals surface area contributed by atoms with Crippen LogP contribution < -0.4 is 0 Å². The van der Waals surface area contributed by atoms with E-state index in [0.29, 0.717) is 0 Å². The van der Waals surface area contributed by atoms with Crippen molar-refractivity contribution in [1.29, 1.82) is 0 Å². The van der Waals surface area contributed by atoms with Gasteiger partial charge in [-0.2, -0.15) is 13.2 Å². The summed E-state index contributed by atoms with van der Waals surface area (Å²) in [5.41, 5.74) is -3.45. The number of carboxylic acid groups (broad SMARTS) is 1. The summed E-state index contributed by atoms with van der Waals surface area (Å²) >= 11 is 0. The maximum Gasteiger partial charge on any atom is 0.426 e. The summed E-state index contributed by atoms with van der Waals surface area (Å²) in [5, 5.41) is 17.9. The van der Waals surface area contributed by atoms with Crippen molar-refractivity contribution in [1.82, 2.24) is 4.98 Å². The fourth-order valence-corrected chi connectivity index (χ4v) is 1.17. The summed E-state index contributed by atoms with van der Waals surface area (Å²) < 4.78 is 42.7. The van der Waals surface area contributed by atoms with Gasteiger partial charge in [0, 0.05) is 0 Å². The Morgan fingerprint density at radius 1 is 1.41 bits per heavy atom. The molecule has 0 aliphatic rings. The van der Waals surface area contributed by atoms with Crippen LogP contribution in [0.4, 0.5) is 13.2 Å². The number of oxazole rings is 1. The summed E-state index contributed by atoms with van der Waals surface area (Å²) in [7, 11) is 0. The van der Waals surface area contributed by atoms with Crippen LogP contribution in [0.15, 0.2) is 4.42 Å². The number of carbonyl (C=O) groups is 1. The fourth-order valence-electron chi connectivity index (χ4n) is 1.17. The minimum Gasteiger partial charge on any atom is -0.481 e. The maximum atomic E-state index is 12.7. The molecule has 5 nitrogen and oxygen atoms in total. The van der Waals surface area contributed by atoms with Gasteiger partial charge < -0.3 is 14.6 Å². The minimum atomic E-state index is -5.19. The van der Waals surface area contributed by atoms with Gasteiger partial charge in [-0.05, 0) is 13.8 Å². The van der Waals surface area contributed by atoms with Crippen LogP contribution >= 0.6 is 0 Å².